The molecule has 30 heavy (non-hydrogen) atoms. The van der Waals surface area contributed by atoms with Crippen molar-refractivity contribution < 1.29 is 18.7 Å². The molecule has 0 amide bonds. The SMILES string of the molecule is C=C(C)COc1ccc(-c2ccc(-c3ccc(OC(=O)C(=C)C)cc3)cc2F)cc1. The fourth-order valence-electron chi connectivity index (χ4n) is 2.78. The van der Waals surface area contributed by atoms with Crippen molar-refractivity contribution in [2.45, 2.75) is 13.8 Å². The zero-order chi connectivity index (χ0) is 21.7. The van der Waals surface area contributed by atoms with Crippen molar-refractivity contribution in [1.82, 2.24) is 0 Å². The molecule has 0 bridgehead atoms. The van der Waals surface area contributed by atoms with E-state index < -0.39 is 5.97 Å². The number of carbonyl (C=O) groups excluding carboxylic acids is 1. The largest absolute Gasteiger partial charge is 0.489 e. The Hall–Kier alpha value is -3.66. The van der Waals surface area contributed by atoms with E-state index in [-0.39, 0.29) is 5.82 Å². The van der Waals surface area contributed by atoms with E-state index in [2.05, 4.69) is 13.2 Å². The quantitative estimate of drug-likeness (QED) is 0.193. The van der Waals surface area contributed by atoms with Gasteiger partial charge >= 0.3 is 5.97 Å². The van der Waals surface area contributed by atoms with Crippen LogP contribution >= 0.6 is 0 Å². The molecule has 3 aromatic carbocycles. The summed E-state index contributed by atoms with van der Waals surface area (Å²) < 4.78 is 25.6. The van der Waals surface area contributed by atoms with E-state index in [4.69, 9.17) is 9.47 Å². The van der Waals surface area contributed by atoms with Crippen LogP contribution in [0.5, 0.6) is 11.5 Å². The predicted molar refractivity (Wildman–Crippen MR) is 118 cm³/mol. The second kappa shape index (κ2) is 9.23. The fraction of sp³-hybridized carbons (Fsp3) is 0.115. The molecule has 0 saturated heterocycles. The topological polar surface area (TPSA) is 35.5 Å². The van der Waals surface area contributed by atoms with Crippen molar-refractivity contribution in [2.75, 3.05) is 6.61 Å². The average molecular weight is 402 g/mol. The summed E-state index contributed by atoms with van der Waals surface area (Å²) >= 11 is 0. The van der Waals surface area contributed by atoms with Gasteiger partial charge in [0.2, 0.25) is 0 Å². The molecule has 0 aliphatic rings. The van der Waals surface area contributed by atoms with E-state index in [1.807, 2.05) is 37.3 Å². The molecule has 0 radical (unpaired) electrons. The van der Waals surface area contributed by atoms with Gasteiger partial charge in [-0.2, -0.15) is 0 Å². The highest BCUT2D eigenvalue weighted by atomic mass is 19.1. The monoisotopic (exact) mass is 402 g/mol. The Morgan fingerprint density at radius 3 is 1.97 bits per heavy atom. The molecule has 0 aliphatic heterocycles. The second-order valence-corrected chi connectivity index (χ2v) is 7.16. The van der Waals surface area contributed by atoms with Gasteiger partial charge in [-0.15, -0.1) is 0 Å². The molecule has 0 aliphatic carbocycles. The molecule has 152 valence electrons. The summed E-state index contributed by atoms with van der Waals surface area (Å²) in [6, 6.07) is 19.3. The van der Waals surface area contributed by atoms with Gasteiger partial charge in [0, 0.05) is 11.1 Å². The smallest absolute Gasteiger partial charge is 0.338 e. The molecule has 3 aromatic rings. The molecule has 0 heterocycles. The number of halogens is 1. The van der Waals surface area contributed by atoms with Gasteiger partial charge in [-0.25, -0.2) is 9.18 Å². The van der Waals surface area contributed by atoms with Crippen LogP contribution in [0.15, 0.2) is 91.0 Å². The first-order valence-electron chi connectivity index (χ1n) is 9.49. The number of hydrogen-bond donors (Lipinski definition) is 0. The molecule has 0 fully saturated rings. The van der Waals surface area contributed by atoms with E-state index in [9.17, 15) is 9.18 Å². The van der Waals surface area contributed by atoms with E-state index >= 15 is 0 Å². The van der Waals surface area contributed by atoms with Gasteiger partial charge in [0.05, 0.1) is 0 Å². The maximum atomic E-state index is 14.8. The molecule has 0 N–H and O–H groups in total. The van der Waals surface area contributed by atoms with Crippen molar-refractivity contribution in [3.8, 4) is 33.8 Å². The summed E-state index contributed by atoms with van der Waals surface area (Å²) in [7, 11) is 0. The lowest BCUT2D eigenvalue weighted by Gasteiger charge is -2.10. The van der Waals surface area contributed by atoms with Crippen LogP contribution in [0, 0.1) is 5.82 Å². The maximum absolute atomic E-state index is 14.8. The van der Waals surface area contributed by atoms with Crippen LogP contribution in [0.3, 0.4) is 0 Å². The number of benzene rings is 3. The van der Waals surface area contributed by atoms with Gasteiger partial charge < -0.3 is 9.47 Å². The molecule has 0 spiro atoms. The summed E-state index contributed by atoms with van der Waals surface area (Å²) in [5.74, 6) is 0.332. The van der Waals surface area contributed by atoms with E-state index in [1.165, 1.54) is 6.07 Å². The Labute approximate surface area is 176 Å². The van der Waals surface area contributed by atoms with Gasteiger partial charge in [0.25, 0.3) is 0 Å². The van der Waals surface area contributed by atoms with Gasteiger partial charge in [-0.05, 0) is 66.4 Å². The standard InChI is InChI=1S/C26H23FO3/c1-17(2)16-29-22-10-7-20(8-11-22)24-14-9-21(15-25(24)27)19-5-12-23(13-6-19)30-26(28)18(3)4/h5-15H,1,3,16H2,2,4H3. The minimum absolute atomic E-state index is 0.319. The average Bonchev–Trinajstić information content (AvgIpc) is 2.73. The Balaban J connectivity index is 1.76. The number of esters is 1. The van der Waals surface area contributed by atoms with E-state index in [1.54, 1.807) is 37.3 Å². The van der Waals surface area contributed by atoms with Crippen LogP contribution in [-0.2, 0) is 4.79 Å². The van der Waals surface area contributed by atoms with Crippen molar-refractivity contribution >= 4 is 5.97 Å². The highest BCUT2D eigenvalue weighted by molar-refractivity contribution is 5.88. The molecule has 0 unspecified atom stereocenters. The summed E-state index contributed by atoms with van der Waals surface area (Å²) in [5, 5.41) is 0. The van der Waals surface area contributed by atoms with Crippen LogP contribution in [0.1, 0.15) is 13.8 Å². The van der Waals surface area contributed by atoms with Crippen LogP contribution in [0.2, 0.25) is 0 Å². The van der Waals surface area contributed by atoms with Crippen LogP contribution in [0.25, 0.3) is 22.3 Å². The second-order valence-electron chi connectivity index (χ2n) is 7.16. The van der Waals surface area contributed by atoms with Crippen molar-refractivity contribution in [3.05, 3.63) is 96.9 Å². The fourth-order valence-corrected chi connectivity index (χ4v) is 2.78. The minimum atomic E-state index is -0.478. The van der Waals surface area contributed by atoms with Crippen molar-refractivity contribution in [1.29, 1.82) is 0 Å². The van der Waals surface area contributed by atoms with Gasteiger partial charge in [0.1, 0.15) is 23.9 Å². The van der Waals surface area contributed by atoms with E-state index in [0.717, 1.165) is 22.3 Å². The first-order valence-corrected chi connectivity index (χ1v) is 9.49. The Kier molecular flexibility index (Phi) is 6.48. The summed E-state index contributed by atoms with van der Waals surface area (Å²) in [4.78, 5) is 11.6. The Morgan fingerprint density at radius 1 is 0.833 bits per heavy atom. The summed E-state index contributed by atoms with van der Waals surface area (Å²) in [6.45, 7) is 11.3. The molecular weight excluding hydrogens is 379 g/mol. The molecule has 3 nitrogen and oxygen atoms in total. The molecule has 0 aromatic heterocycles. The minimum Gasteiger partial charge on any atom is -0.489 e. The molecule has 3 rings (SSSR count). The number of rotatable bonds is 7. The Bertz CT molecular complexity index is 1080. The zero-order valence-corrected chi connectivity index (χ0v) is 17.1. The normalized spacial score (nSPS) is 10.4. The highest BCUT2D eigenvalue weighted by Crippen LogP contribution is 2.30. The van der Waals surface area contributed by atoms with Crippen molar-refractivity contribution in [2.24, 2.45) is 0 Å². The third kappa shape index (κ3) is 5.23. The lowest BCUT2D eigenvalue weighted by Crippen LogP contribution is -2.07. The molecular formula is C26H23FO3. The first kappa shape index (κ1) is 21.1. The third-order valence-corrected chi connectivity index (χ3v) is 4.37. The number of carbonyl (C=O) groups is 1. The van der Waals surface area contributed by atoms with E-state index in [0.29, 0.717) is 29.2 Å². The van der Waals surface area contributed by atoms with Gasteiger partial charge in [-0.1, -0.05) is 49.6 Å². The third-order valence-electron chi connectivity index (χ3n) is 4.37. The molecule has 4 heteroatoms. The van der Waals surface area contributed by atoms with Crippen LogP contribution in [0.4, 0.5) is 4.39 Å². The van der Waals surface area contributed by atoms with Gasteiger partial charge in [0.15, 0.2) is 0 Å². The number of hydrogen-bond acceptors (Lipinski definition) is 3. The highest BCUT2D eigenvalue weighted by Gasteiger charge is 2.09. The van der Waals surface area contributed by atoms with Crippen LogP contribution < -0.4 is 9.47 Å². The lowest BCUT2D eigenvalue weighted by molar-refractivity contribution is -0.130. The first-order chi connectivity index (χ1) is 14.3. The summed E-state index contributed by atoms with van der Waals surface area (Å²) in [6.07, 6.45) is 0. The van der Waals surface area contributed by atoms with Gasteiger partial charge in [-0.3, -0.25) is 0 Å². The summed E-state index contributed by atoms with van der Waals surface area (Å²) in [5.41, 5.74) is 4.09. The number of ether oxygens (including phenoxy) is 2. The Morgan fingerprint density at radius 2 is 1.40 bits per heavy atom. The molecule has 0 atom stereocenters. The lowest BCUT2D eigenvalue weighted by atomic mass is 9.99. The predicted octanol–water partition coefficient (Wildman–Crippen LogP) is 6.60. The zero-order valence-electron chi connectivity index (χ0n) is 17.1. The van der Waals surface area contributed by atoms with Crippen molar-refractivity contribution in [3.63, 3.8) is 0 Å². The maximum Gasteiger partial charge on any atom is 0.338 e. The molecule has 0 saturated carbocycles. The van der Waals surface area contributed by atoms with Crippen LogP contribution in [-0.4, -0.2) is 12.6 Å².